The van der Waals surface area contributed by atoms with Crippen molar-refractivity contribution >= 4 is 11.8 Å². The van der Waals surface area contributed by atoms with Crippen LogP contribution < -0.4 is 0 Å². The van der Waals surface area contributed by atoms with Crippen molar-refractivity contribution in [2.75, 3.05) is 26.2 Å². The molecule has 0 spiro atoms. The molecule has 138 valence electrons. The maximum Gasteiger partial charge on any atom is 0.289 e. The number of nitrogens with one attached hydrogen (secondary N) is 1. The Morgan fingerprint density at radius 2 is 1.76 bits per heavy atom. The van der Waals surface area contributed by atoms with Crippen LogP contribution in [0.5, 0.6) is 0 Å². The third kappa shape index (κ3) is 4.22. The van der Waals surface area contributed by atoms with Gasteiger partial charge in [-0.05, 0) is 43.9 Å². The number of aromatic nitrogens is 2. The monoisotopic (exact) mass is 346 g/mol. The fraction of sp³-hybridized carbons (Fsp3) is 0.737. The van der Waals surface area contributed by atoms with E-state index in [2.05, 4.69) is 23.8 Å². The van der Waals surface area contributed by atoms with Gasteiger partial charge in [-0.25, -0.2) is 4.98 Å². The van der Waals surface area contributed by atoms with Gasteiger partial charge in [0.2, 0.25) is 5.91 Å². The van der Waals surface area contributed by atoms with E-state index in [4.69, 9.17) is 0 Å². The lowest BCUT2D eigenvalue weighted by molar-refractivity contribution is -0.136. The number of rotatable bonds is 3. The van der Waals surface area contributed by atoms with Crippen molar-refractivity contribution < 1.29 is 9.59 Å². The van der Waals surface area contributed by atoms with Crippen LogP contribution in [0.1, 0.15) is 56.6 Å². The molecular weight excluding hydrogens is 316 g/mol. The second-order valence-corrected chi connectivity index (χ2v) is 7.76. The maximum absolute atomic E-state index is 12.9. The highest BCUT2D eigenvalue weighted by atomic mass is 16.2. The first-order chi connectivity index (χ1) is 12.1. The highest BCUT2D eigenvalue weighted by molar-refractivity contribution is 5.90. The Morgan fingerprint density at radius 3 is 2.40 bits per heavy atom. The van der Waals surface area contributed by atoms with Gasteiger partial charge in [0.15, 0.2) is 5.82 Å². The molecule has 0 radical (unpaired) electrons. The topological polar surface area (TPSA) is 69.3 Å². The zero-order valence-corrected chi connectivity index (χ0v) is 15.4. The number of nitrogens with zero attached hydrogens (tertiary/aromatic N) is 3. The Balaban J connectivity index is 1.53. The minimum atomic E-state index is -0.0725. The second kappa shape index (κ2) is 8.02. The number of hydrogen-bond acceptors (Lipinski definition) is 3. The minimum absolute atomic E-state index is 0.0725. The smallest absolute Gasteiger partial charge is 0.289 e. The first-order valence-corrected chi connectivity index (χ1v) is 9.63. The molecule has 0 bridgehead atoms. The molecule has 6 heteroatoms. The summed E-state index contributed by atoms with van der Waals surface area (Å²) in [6.45, 7) is 7.23. The van der Waals surface area contributed by atoms with Gasteiger partial charge >= 0.3 is 0 Å². The molecule has 1 aromatic rings. The lowest BCUT2D eigenvalue weighted by Crippen LogP contribution is -2.41. The average molecular weight is 346 g/mol. The molecule has 6 nitrogen and oxygen atoms in total. The molecule has 2 fully saturated rings. The Bertz CT molecular complexity index is 576. The Kier molecular flexibility index (Phi) is 5.76. The van der Waals surface area contributed by atoms with Crippen molar-refractivity contribution in [2.24, 2.45) is 17.8 Å². The second-order valence-electron chi connectivity index (χ2n) is 7.76. The largest absolute Gasteiger partial charge is 0.341 e. The van der Waals surface area contributed by atoms with E-state index in [-0.39, 0.29) is 11.8 Å². The normalized spacial score (nSPS) is 25.1. The molecule has 0 aromatic carbocycles. The predicted octanol–water partition coefficient (Wildman–Crippen LogP) is 2.55. The van der Waals surface area contributed by atoms with Crippen LogP contribution in [-0.2, 0) is 4.79 Å². The van der Waals surface area contributed by atoms with Gasteiger partial charge in [-0.2, -0.15) is 0 Å². The van der Waals surface area contributed by atoms with Crippen molar-refractivity contribution in [3.63, 3.8) is 0 Å². The number of imidazole rings is 1. The Morgan fingerprint density at radius 1 is 1.08 bits per heavy atom. The van der Waals surface area contributed by atoms with Gasteiger partial charge in [0.1, 0.15) is 0 Å². The summed E-state index contributed by atoms with van der Waals surface area (Å²) in [5.41, 5.74) is 0. The minimum Gasteiger partial charge on any atom is -0.341 e. The third-order valence-corrected chi connectivity index (χ3v) is 5.86. The lowest BCUT2D eigenvalue weighted by Gasteiger charge is -2.33. The van der Waals surface area contributed by atoms with E-state index in [1.165, 1.54) is 12.8 Å². The van der Waals surface area contributed by atoms with Crippen molar-refractivity contribution in [1.29, 1.82) is 0 Å². The van der Waals surface area contributed by atoms with Crippen LogP contribution in [0.4, 0.5) is 0 Å². The van der Waals surface area contributed by atoms with Crippen molar-refractivity contribution in [3.05, 3.63) is 18.2 Å². The predicted molar refractivity (Wildman–Crippen MR) is 96.0 cm³/mol. The summed E-state index contributed by atoms with van der Waals surface area (Å²) in [5, 5.41) is 0. The van der Waals surface area contributed by atoms with E-state index >= 15 is 0 Å². The van der Waals surface area contributed by atoms with Crippen LogP contribution in [0.25, 0.3) is 0 Å². The summed E-state index contributed by atoms with van der Waals surface area (Å²) in [6, 6.07) is 0. The van der Waals surface area contributed by atoms with Gasteiger partial charge in [0.25, 0.3) is 5.91 Å². The molecule has 25 heavy (non-hydrogen) atoms. The van der Waals surface area contributed by atoms with Gasteiger partial charge in [0, 0.05) is 44.5 Å². The summed E-state index contributed by atoms with van der Waals surface area (Å²) in [7, 11) is 0. The molecule has 1 aliphatic carbocycles. The molecule has 2 aliphatic rings. The molecule has 1 saturated carbocycles. The maximum atomic E-state index is 12.9. The van der Waals surface area contributed by atoms with E-state index in [1.807, 2.05) is 9.80 Å². The third-order valence-electron chi connectivity index (χ3n) is 5.86. The Hall–Kier alpha value is -1.85. The van der Waals surface area contributed by atoms with E-state index in [0.717, 1.165) is 37.6 Å². The number of H-pyrrole nitrogens is 1. The van der Waals surface area contributed by atoms with Crippen LogP contribution in [0.2, 0.25) is 0 Å². The number of aromatic amines is 1. The first kappa shape index (κ1) is 18.0. The highest BCUT2D eigenvalue weighted by Gasteiger charge is 2.31. The quantitative estimate of drug-likeness (QED) is 0.914. The summed E-state index contributed by atoms with van der Waals surface area (Å²) in [6.07, 6.45) is 8.47. The molecule has 0 atom stereocenters. The van der Waals surface area contributed by atoms with Crippen LogP contribution in [0.15, 0.2) is 12.4 Å². The SMILES string of the molecule is CC(C)C1CCC(C(=O)N2CCCN(C(=O)c3ncc[nH]3)CC2)CC1. The fourth-order valence-corrected chi connectivity index (χ4v) is 4.16. The van der Waals surface area contributed by atoms with Gasteiger partial charge in [-0.1, -0.05) is 13.8 Å². The van der Waals surface area contributed by atoms with E-state index in [1.54, 1.807) is 12.4 Å². The number of amides is 2. The van der Waals surface area contributed by atoms with Crippen molar-refractivity contribution in [3.8, 4) is 0 Å². The van der Waals surface area contributed by atoms with Gasteiger partial charge in [-0.3, -0.25) is 9.59 Å². The lowest BCUT2D eigenvalue weighted by atomic mass is 9.76. The van der Waals surface area contributed by atoms with Crippen LogP contribution in [-0.4, -0.2) is 57.8 Å². The highest BCUT2D eigenvalue weighted by Crippen LogP contribution is 2.34. The molecule has 2 amide bonds. The number of carbonyl (C=O) groups is 2. The molecule has 2 heterocycles. The van der Waals surface area contributed by atoms with Crippen LogP contribution in [0, 0.1) is 17.8 Å². The summed E-state index contributed by atoms with van der Waals surface area (Å²) < 4.78 is 0. The van der Waals surface area contributed by atoms with Crippen LogP contribution >= 0.6 is 0 Å². The van der Waals surface area contributed by atoms with Crippen LogP contribution in [0.3, 0.4) is 0 Å². The van der Waals surface area contributed by atoms with Gasteiger partial charge in [0.05, 0.1) is 0 Å². The van der Waals surface area contributed by atoms with Gasteiger partial charge < -0.3 is 14.8 Å². The first-order valence-electron chi connectivity index (χ1n) is 9.63. The molecule has 1 aliphatic heterocycles. The number of hydrogen-bond donors (Lipinski definition) is 1. The standard InChI is InChI=1S/C19H30N4O2/c1-14(2)15-4-6-16(7-5-15)18(24)22-10-3-11-23(13-12-22)19(25)17-20-8-9-21-17/h8-9,14-16H,3-7,10-13H2,1-2H3,(H,20,21). The van der Waals surface area contributed by atoms with Gasteiger partial charge in [-0.15, -0.1) is 0 Å². The Labute approximate surface area is 150 Å². The number of carbonyl (C=O) groups excluding carboxylic acids is 2. The molecule has 3 rings (SSSR count). The molecule has 1 N–H and O–H groups in total. The van der Waals surface area contributed by atoms with Crippen molar-refractivity contribution in [1.82, 2.24) is 19.8 Å². The molecule has 0 unspecified atom stereocenters. The summed E-state index contributed by atoms with van der Waals surface area (Å²) in [4.78, 5) is 36.0. The van der Waals surface area contributed by atoms with E-state index in [0.29, 0.717) is 31.4 Å². The fourth-order valence-electron chi connectivity index (χ4n) is 4.16. The average Bonchev–Trinajstić information content (AvgIpc) is 3.05. The van der Waals surface area contributed by atoms with E-state index in [9.17, 15) is 9.59 Å². The van der Waals surface area contributed by atoms with Crippen molar-refractivity contribution in [2.45, 2.75) is 46.0 Å². The summed E-state index contributed by atoms with van der Waals surface area (Å²) in [5.74, 6) is 2.28. The van der Waals surface area contributed by atoms with E-state index < -0.39 is 0 Å². The summed E-state index contributed by atoms with van der Waals surface area (Å²) >= 11 is 0. The zero-order chi connectivity index (χ0) is 17.8. The molecule has 1 aromatic heterocycles. The zero-order valence-electron chi connectivity index (χ0n) is 15.4. The molecule has 1 saturated heterocycles. The molecular formula is C19H30N4O2.